The number of H-pyrrole nitrogens is 1. The summed E-state index contributed by atoms with van der Waals surface area (Å²) in [6, 6.07) is 6.07. The highest BCUT2D eigenvalue weighted by atomic mass is 16.5. The number of aromatic amines is 1. The molecule has 1 aromatic carbocycles. The van der Waals surface area contributed by atoms with Crippen molar-refractivity contribution in [3.05, 3.63) is 29.5 Å². The molecule has 1 heterocycles. The van der Waals surface area contributed by atoms with Gasteiger partial charge in [-0.15, -0.1) is 0 Å². The molecule has 134 valence electrons. The van der Waals surface area contributed by atoms with Crippen molar-refractivity contribution in [2.75, 3.05) is 7.11 Å². The lowest BCUT2D eigenvalue weighted by Crippen LogP contribution is -2.52. The van der Waals surface area contributed by atoms with Crippen LogP contribution in [0.1, 0.15) is 56.1 Å². The van der Waals surface area contributed by atoms with Crippen LogP contribution < -0.4 is 10.1 Å². The van der Waals surface area contributed by atoms with E-state index in [1.165, 1.54) is 19.3 Å². The van der Waals surface area contributed by atoms with Crippen molar-refractivity contribution < 1.29 is 9.53 Å². The van der Waals surface area contributed by atoms with Crippen molar-refractivity contribution in [2.45, 2.75) is 53.0 Å². The summed E-state index contributed by atoms with van der Waals surface area (Å²) in [4.78, 5) is 16.6. The summed E-state index contributed by atoms with van der Waals surface area (Å²) in [6.45, 7) is 8.94. The number of nitrogens with one attached hydrogen (secondary N) is 2. The second-order valence-corrected chi connectivity index (χ2v) is 8.83. The maximum absolute atomic E-state index is 13.2. The van der Waals surface area contributed by atoms with Crippen LogP contribution in [-0.2, 0) is 0 Å². The second kappa shape index (κ2) is 5.26. The summed E-state index contributed by atoms with van der Waals surface area (Å²) in [5, 5.41) is 4.35. The van der Waals surface area contributed by atoms with Crippen molar-refractivity contribution >= 4 is 16.8 Å². The van der Waals surface area contributed by atoms with Gasteiger partial charge in [0.2, 0.25) is 0 Å². The number of para-hydroxylation sites is 1. The Balaban J connectivity index is 1.71. The molecule has 1 aromatic heterocycles. The number of ether oxygens (including phenoxy) is 1. The number of rotatable bonds is 3. The van der Waals surface area contributed by atoms with Crippen molar-refractivity contribution in [2.24, 2.45) is 16.7 Å². The summed E-state index contributed by atoms with van der Waals surface area (Å²) >= 11 is 0. The quantitative estimate of drug-likeness (QED) is 0.868. The molecule has 2 saturated carbocycles. The van der Waals surface area contributed by atoms with Gasteiger partial charge in [0.05, 0.1) is 18.2 Å². The van der Waals surface area contributed by atoms with Gasteiger partial charge in [0.1, 0.15) is 5.75 Å². The molecule has 2 aliphatic rings. The predicted molar refractivity (Wildman–Crippen MR) is 100 cm³/mol. The van der Waals surface area contributed by atoms with E-state index in [9.17, 15) is 4.79 Å². The minimum Gasteiger partial charge on any atom is -0.495 e. The Morgan fingerprint density at radius 3 is 2.72 bits per heavy atom. The Labute approximate surface area is 149 Å². The first-order chi connectivity index (χ1) is 11.8. The predicted octanol–water partition coefficient (Wildman–Crippen LogP) is 4.43. The average Bonchev–Trinajstić information content (AvgIpc) is 3.16. The van der Waals surface area contributed by atoms with E-state index in [0.717, 1.165) is 27.9 Å². The number of carbonyl (C=O) groups is 1. The van der Waals surface area contributed by atoms with Gasteiger partial charge in [-0.1, -0.05) is 32.9 Å². The van der Waals surface area contributed by atoms with Crippen LogP contribution in [0.2, 0.25) is 0 Å². The highest BCUT2D eigenvalue weighted by molar-refractivity contribution is 6.09. The van der Waals surface area contributed by atoms with Gasteiger partial charge in [-0.2, -0.15) is 0 Å². The van der Waals surface area contributed by atoms with Crippen LogP contribution in [0.5, 0.6) is 5.75 Å². The van der Waals surface area contributed by atoms with Crippen LogP contribution in [0.4, 0.5) is 0 Å². The molecule has 4 heteroatoms. The van der Waals surface area contributed by atoms with Gasteiger partial charge in [0.15, 0.2) is 0 Å². The van der Waals surface area contributed by atoms with Crippen molar-refractivity contribution in [3.8, 4) is 5.75 Å². The van der Waals surface area contributed by atoms with Crippen molar-refractivity contribution in [1.82, 2.24) is 10.3 Å². The lowest BCUT2D eigenvalue weighted by Gasteiger charge is -2.43. The van der Waals surface area contributed by atoms with Gasteiger partial charge in [0, 0.05) is 17.1 Å². The summed E-state index contributed by atoms with van der Waals surface area (Å²) in [5.41, 5.74) is 2.91. The Morgan fingerprint density at radius 2 is 2.08 bits per heavy atom. The minimum atomic E-state index is 0.0313. The van der Waals surface area contributed by atoms with Gasteiger partial charge < -0.3 is 15.0 Å². The van der Waals surface area contributed by atoms with Gasteiger partial charge in [-0.3, -0.25) is 4.79 Å². The van der Waals surface area contributed by atoms with Crippen LogP contribution in [0.15, 0.2) is 18.2 Å². The Bertz CT molecular complexity index is 846. The molecule has 2 bridgehead atoms. The van der Waals surface area contributed by atoms with Gasteiger partial charge in [0.25, 0.3) is 5.91 Å². The van der Waals surface area contributed by atoms with Gasteiger partial charge in [-0.25, -0.2) is 0 Å². The third kappa shape index (κ3) is 2.22. The molecule has 3 atom stereocenters. The number of hydrogen-bond acceptors (Lipinski definition) is 2. The summed E-state index contributed by atoms with van der Waals surface area (Å²) in [7, 11) is 1.66. The molecule has 0 aliphatic heterocycles. The van der Waals surface area contributed by atoms with E-state index < -0.39 is 0 Å². The fourth-order valence-electron chi connectivity index (χ4n) is 5.65. The zero-order valence-electron chi connectivity index (χ0n) is 15.8. The topological polar surface area (TPSA) is 54.1 Å². The number of amides is 1. The average molecular weight is 340 g/mol. The third-order valence-electron chi connectivity index (χ3n) is 6.98. The number of aromatic nitrogens is 1. The van der Waals surface area contributed by atoms with E-state index in [0.29, 0.717) is 5.92 Å². The molecule has 0 saturated heterocycles. The van der Waals surface area contributed by atoms with Gasteiger partial charge >= 0.3 is 0 Å². The Hall–Kier alpha value is -1.97. The van der Waals surface area contributed by atoms with E-state index in [1.54, 1.807) is 7.11 Å². The minimum absolute atomic E-state index is 0.0313. The van der Waals surface area contributed by atoms with E-state index in [2.05, 4.69) is 31.1 Å². The van der Waals surface area contributed by atoms with E-state index >= 15 is 0 Å². The molecule has 1 amide bonds. The summed E-state index contributed by atoms with van der Waals surface area (Å²) in [6.07, 6.45) is 3.73. The molecule has 4 rings (SSSR count). The molecule has 0 spiro atoms. The largest absolute Gasteiger partial charge is 0.495 e. The van der Waals surface area contributed by atoms with Crippen LogP contribution in [0, 0.1) is 23.7 Å². The maximum Gasteiger partial charge on any atom is 0.253 e. The summed E-state index contributed by atoms with van der Waals surface area (Å²) < 4.78 is 5.44. The summed E-state index contributed by atoms with van der Waals surface area (Å²) in [5.74, 6) is 1.52. The fourth-order valence-corrected chi connectivity index (χ4v) is 5.65. The standard InChI is InChI=1S/C21H28N2O2/c1-12-16(14-7-6-8-15(25-5)17(14)22-12)18(24)23-19-20(2,3)13-9-10-21(19,4)11-13/h6-8,13,19,22H,9-11H2,1-5H3,(H,23,24)/t13?,19-,21+/m1/s1. The Morgan fingerprint density at radius 1 is 1.32 bits per heavy atom. The molecule has 25 heavy (non-hydrogen) atoms. The van der Waals surface area contributed by atoms with E-state index in [-0.39, 0.29) is 22.8 Å². The monoisotopic (exact) mass is 340 g/mol. The molecular weight excluding hydrogens is 312 g/mol. The SMILES string of the molecule is COc1cccc2c(C(=O)N[C@@H]3C(C)(C)C4CC[C@@]3(C)C4)c(C)[nH]c12. The lowest BCUT2D eigenvalue weighted by molar-refractivity contribution is 0.0738. The number of fused-ring (bicyclic) bond motifs is 3. The number of hydrogen-bond donors (Lipinski definition) is 2. The smallest absolute Gasteiger partial charge is 0.253 e. The van der Waals surface area contributed by atoms with Crippen molar-refractivity contribution in [1.29, 1.82) is 0 Å². The number of aryl methyl sites for hydroxylation is 1. The van der Waals surface area contributed by atoms with Crippen LogP contribution in [-0.4, -0.2) is 24.0 Å². The molecule has 4 nitrogen and oxygen atoms in total. The Kier molecular flexibility index (Phi) is 3.47. The second-order valence-electron chi connectivity index (χ2n) is 8.83. The fraction of sp³-hybridized carbons (Fsp3) is 0.571. The first kappa shape index (κ1) is 16.5. The molecular formula is C21H28N2O2. The van der Waals surface area contributed by atoms with E-state index in [4.69, 9.17) is 4.74 Å². The highest BCUT2D eigenvalue weighted by Gasteiger charge is 2.59. The third-order valence-corrected chi connectivity index (χ3v) is 6.98. The zero-order chi connectivity index (χ0) is 18.0. The first-order valence-electron chi connectivity index (χ1n) is 9.24. The number of benzene rings is 1. The molecule has 2 fully saturated rings. The van der Waals surface area contributed by atoms with Crippen molar-refractivity contribution in [3.63, 3.8) is 0 Å². The normalized spacial score (nSPS) is 30.0. The molecule has 2 N–H and O–H groups in total. The highest BCUT2D eigenvalue weighted by Crippen LogP contribution is 2.62. The zero-order valence-corrected chi connectivity index (χ0v) is 15.8. The van der Waals surface area contributed by atoms with Crippen LogP contribution in [0.3, 0.4) is 0 Å². The maximum atomic E-state index is 13.2. The van der Waals surface area contributed by atoms with Crippen LogP contribution >= 0.6 is 0 Å². The number of methoxy groups -OCH3 is 1. The molecule has 2 aliphatic carbocycles. The lowest BCUT2D eigenvalue weighted by atomic mass is 9.68. The molecule has 0 radical (unpaired) electrons. The van der Waals surface area contributed by atoms with E-state index in [1.807, 2.05) is 25.1 Å². The molecule has 2 aromatic rings. The van der Waals surface area contributed by atoms with Gasteiger partial charge in [-0.05, 0) is 49.0 Å². The molecule has 1 unspecified atom stereocenters. The van der Waals surface area contributed by atoms with Crippen LogP contribution in [0.25, 0.3) is 10.9 Å². The number of carbonyl (C=O) groups excluding carboxylic acids is 1. The first-order valence-corrected chi connectivity index (χ1v) is 9.24.